The van der Waals surface area contributed by atoms with Crippen LogP contribution in [0.4, 0.5) is 5.13 Å². The fourth-order valence-electron chi connectivity index (χ4n) is 3.70. The predicted octanol–water partition coefficient (Wildman–Crippen LogP) is 0.558. The number of fused-ring (bicyclic) bond motifs is 1. The molecule has 0 spiro atoms. The predicted molar refractivity (Wildman–Crippen MR) is 105 cm³/mol. The Bertz CT molecular complexity index is 993. The largest absolute Gasteiger partial charge is 0.344 e. The summed E-state index contributed by atoms with van der Waals surface area (Å²) in [6.07, 6.45) is 2.02. The molecule has 4 heterocycles. The van der Waals surface area contributed by atoms with Gasteiger partial charge in [0.15, 0.2) is 0 Å². The van der Waals surface area contributed by atoms with E-state index in [4.69, 9.17) is 0 Å². The Morgan fingerprint density at radius 3 is 2.59 bits per heavy atom. The summed E-state index contributed by atoms with van der Waals surface area (Å²) in [5, 5.41) is 5.31. The summed E-state index contributed by atoms with van der Waals surface area (Å²) in [5.74, 6) is 0.413. The van der Waals surface area contributed by atoms with Crippen LogP contribution in [0.5, 0.6) is 0 Å². The molecule has 0 aliphatic carbocycles. The highest BCUT2D eigenvalue weighted by Crippen LogP contribution is 2.25. The molecule has 0 bridgehead atoms. The maximum Gasteiger partial charge on any atom is 0.282 e. The third kappa shape index (κ3) is 3.60. The van der Waals surface area contributed by atoms with Crippen molar-refractivity contribution >= 4 is 31.6 Å². The molecule has 0 amide bonds. The van der Waals surface area contributed by atoms with Gasteiger partial charge in [-0.1, -0.05) is 18.3 Å². The molecule has 1 unspecified atom stereocenters. The van der Waals surface area contributed by atoms with Gasteiger partial charge in [0.2, 0.25) is 10.1 Å². The van der Waals surface area contributed by atoms with Crippen molar-refractivity contribution in [2.24, 2.45) is 5.92 Å². The summed E-state index contributed by atoms with van der Waals surface area (Å²) in [7, 11) is -3.40. The zero-order valence-electron chi connectivity index (χ0n) is 15.5. The molecule has 0 aromatic carbocycles. The molecule has 2 saturated heterocycles. The number of hydrogen-bond acceptors (Lipinski definition) is 7. The Hall–Kier alpha value is -1.56. The van der Waals surface area contributed by atoms with Gasteiger partial charge in [-0.15, -0.1) is 5.10 Å². The van der Waals surface area contributed by atoms with Crippen molar-refractivity contribution in [1.29, 1.82) is 0 Å². The van der Waals surface area contributed by atoms with Crippen LogP contribution in [0.25, 0.3) is 4.96 Å². The second kappa shape index (κ2) is 7.12. The normalized spacial score (nSPS) is 23.2. The minimum Gasteiger partial charge on any atom is -0.344 e. The molecule has 0 saturated carbocycles. The van der Waals surface area contributed by atoms with Gasteiger partial charge < -0.3 is 4.90 Å². The highest BCUT2D eigenvalue weighted by atomic mass is 32.2. The summed E-state index contributed by atoms with van der Waals surface area (Å²) < 4.78 is 30.7. The van der Waals surface area contributed by atoms with Gasteiger partial charge in [-0.25, -0.2) is 4.52 Å². The first-order valence-electron chi connectivity index (χ1n) is 9.22. The van der Waals surface area contributed by atoms with Crippen molar-refractivity contribution in [3.63, 3.8) is 0 Å². The molecule has 27 heavy (non-hydrogen) atoms. The Balaban J connectivity index is 1.47. The van der Waals surface area contributed by atoms with E-state index in [2.05, 4.69) is 21.9 Å². The Morgan fingerprint density at radius 2 is 1.89 bits per heavy atom. The van der Waals surface area contributed by atoms with Crippen molar-refractivity contribution < 1.29 is 8.42 Å². The minimum atomic E-state index is -3.40. The topological polar surface area (TPSA) is 91.1 Å². The molecule has 9 nitrogen and oxygen atoms in total. The lowest BCUT2D eigenvalue weighted by Gasteiger charge is -2.38. The molecular weight excluding hydrogens is 388 g/mol. The van der Waals surface area contributed by atoms with Gasteiger partial charge in [-0.05, 0) is 25.7 Å². The average Bonchev–Trinajstić information content (AvgIpc) is 3.06. The molecule has 0 N–H and O–H groups in total. The number of aromatic nitrogens is 3. The fourth-order valence-corrected chi connectivity index (χ4v) is 6.46. The number of rotatable bonds is 3. The van der Waals surface area contributed by atoms with Gasteiger partial charge in [-0.2, -0.15) is 22.0 Å². The van der Waals surface area contributed by atoms with E-state index in [1.807, 2.05) is 6.92 Å². The van der Waals surface area contributed by atoms with E-state index in [0.29, 0.717) is 50.1 Å². The molecule has 4 rings (SSSR count). The molecule has 2 aliphatic rings. The smallest absolute Gasteiger partial charge is 0.282 e. The molecule has 1 atom stereocenters. The molecule has 148 valence electrons. The zero-order chi connectivity index (χ0) is 19.2. The van der Waals surface area contributed by atoms with Crippen LogP contribution in [0.2, 0.25) is 0 Å². The Kier molecular flexibility index (Phi) is 4.95. The lowest BCUT2D eigenvalue weighted by molar-refractivity contribution is 0.254. The first kappa shape index (κ1) is 18.8. The fraction of sp³-hybridized carbons (Fsp3) is 0.688. The number of anilines is 1. The van der Waals surface area contributed by atoms with Crippen LogP contribution in [0.3, 0.4) is 0 Å². The van der Waals surface area contributed by atoms with Crippen LogP contribution in [0, 0.1) is 12.8 Å². The molecule has 2 aromatic heterocycles. The van der Waals surface area contributed by atoms with Crippen molar-refractivity contribution in [2.45, 2.75) is 26.7 Å². The molecule has 11 heteroatoms. The van der Waals surface area contributed by atoms with Crippen LogP contribution in [-0.2, 0) is 10.2 Å². The molecule has 0 radical (unpaired) electrons. The molecule has 2 aromatic rings. The second-order valence-electron chi connectivity index (χ2n) is 7.31. The summed E-state index contributed by atoms with van der Waals surface area (Å²) in [6, 6.07) is 1.46. The average molecular weight is 413 g/mol. The van der Waals surface area contributed by atoms with Crippen LogP contribution < -0.4 is 10.5 Å². The van der Waals surface area contributed by atoms with Crippen LogP contribution in [0.1, 0.15) is 25.5 Å². The first-order valence-corrected chi connectivity index (χ1v) is 11.4. The van der Waals surface area contributed by atoms with E-state index in [1.54, 1.807) is 13.1 Å². The van der Waals surface area contributed by atoms with Gasteiger partial charge >= 0.3 is 0 Å². The third-order valence-corrected chi connectivity index (χ3v) is 8.17. The van der Waals surface area contributed by atoms with Crippen molar-refractivity contribution in [2.75, 3.05) is 44.2 Å². The van der Waals surface area contributed by atoms with E-state index in [9.17, 15) is 13.2 Å². The van der Waals surface area contributed by atoms with E-state index >= 15 is 0 Å². The van der Waals surface area contributed by atoms with Crippen LogP contribution >= 0.6 is 11.3 Å². The molecular formula is C16H24N6O3S2. The van der Waals surface area contributed by atoms with Crippen molar-refractivity contribution in [3.05, 3.63) is 22.1 Å². The number of nitrogens with zero attached hydrogens (tertiary/aromatic N) is 6. The first-order chi connectivity index (χ1) is 12.8. The maximum absolute atomic E-state index is 12.9. The number of piperazine rings is 1. The summed E-state index contributed by atoms with van der Waals surface area (Å²) >= 11 is 1.36. The van der Waals surface area contributed by atoms with Crippen molar-refractivity contribution in [1.82, 2.24) is 23.2 Å². The Morgan fingerprint density at radius 1 is 1.15 bits per heavy atom. The number of piperidine rings is 1. The monoisotopic (exact) mass is 412 g/mol. The standard InChI is InChI=1S/C16H24N6O3S2/c1-12-4-3-5-21(11-12)27(24,25)20-8-6-19(7-9-20)16-18-22-13(2)10-14(23)17-15(22)26-16/h10,12H,3-9,11H2,1-2H3. The number of hydrogen-bond donors (Lipinski definition) is 0. The van der Waals surface area contributed by atoms with Crippen LogP contribution in [-0.4, -0.2) is 70.9 Å². The van der Waals surface area contributed by atoms with E-state index in [0.717, 1.165) is 23.7 Å². The summed E-state index contributed by atoms with van der Waals surface area (Å²) in [6.45, 7) is 7.18. The minimum absolute atomic E-state index is 0.269. The summed E-state index contributed by atoms with van der Waals surface area (Å²) in [4.78, 5) is 18.2. The van der Waals surface area contributed by atoms with E-state index in [-0.39, 0.29) is 5.56 Å². The maximum atomic E-state index is 12.9. The Labute approximate surface area is 162 Å². The van der Waals surface area contributed by atoms with Gasteiger partial charge in [-0.3, -0.25) is 4.79 Å². The lowest BCUT2D eigenvalue weighted by atomic mass is 10.0. The van der Waals surface area contributed by atoms with Gasteiger partial charge in [0.1, 0.15) is 0 Å². The van der Waals surface area contributed by atoms with Crippen molar-refractivity contribution in [3.8, 4) is 0 Å². The third-order valence-electron chi connectivity index (χ3n) is 5.20. The quantitative estimate of drug-likeness (QED) is 0.732. The lowest BCUT2D eigenvalue weighted by Crippen LogP contribution is -2.54. The van der Waals surface area contributed by atoms with E-state index in [1.165, 1.54) is 17.4 Å². The van der Waals surface area contributed by atoms with Gasteiger partial charge in [0.25, 0.3) is 15.8 Å². The van der Waals surface area contributed by atoms with Gasteiger partial charge in [0, 0.05) is 51.0 Å². The zero-order valence-corrected chi connectivity index (χ0v) is 17.2. The van der Waals surface area contributed by atoms with E-state index < -0.39 is 10.2 Å². The highest BCUT2D eigenvalue weighted by Gasteiger charge is 2.35. The van der Waals surface area contributed by atoms with Gasteiger partial charge in [0.05, 0.1) is 0 Å². The number of aryl methyl sites for hydroxylation is 1. The molecule has 2 aliphatic heterocycles. The van der Waals surface area contributed by atoms with Crippen LogP contribution in [0.15, 0.2) is 10.9 Å². The SMILES string of the molecule is Cc1cc(=O)nc2sc(N3CCN(S(=O)(=O)N4CCCC(C)C4)CC3)nn12. The second-order valence-corrected chi connectivity index (χ2v) is 10.2. The molecule has 2 fully saturated rings. The highest BCUT2D eigenvalue weighted by molar-refractivity contribution is 7.86. The summed E-state index contributed by atoms with van der Waals surface area (Å²) in [5.41, 5.74) is 0.474.